The third-order valence-corrected chi connectivity index (χ3v) is 7.39. The van der Waals surface area contributed by atoms with Crippen molar-refractivity contribution in [1.82, 2.24) is 9.97 Å². The number of aromatic amines is 2. The lowest BCUT2D eigenvalue weighted by Gasteiger charge is -2.19. The number of nitrogens with one attached hydrogen (secondary N) is 2. The van der Waals surface area contributed by atoms with Crippen molar-refractivity contribution in [2.24, 2.45) is 0 Å². The summed E-state index contributed by atoms with van der Waals surface area (Å²) in [5.41, 5.74) is 5.53. The van der Waals surface area contributed by atoms with Gasteiger partial charge in [0.1, 0.15) is 5.75 Å². The lowest BCUT2D eigenvalue weighted by atomic mass is 9.87. The molecule has 5 nitrogen and oxygen atoms in total. The second kappa shape index (κ2) is 7.60. The molecule has 0 aliphatic heterocycles. The molecule has 0 unspecified atom stereocenters. The molecular weight excluding hydrogens is 536 g/mol. The van der Waals surface area contributed by atoms with E-state index in [1.165, 1.54) is 0 Å². The number of rotatable bonds is 3. The van der Waals surface area contributed by atoms with E-state index >= 15 is 0 Å². The first kappa shape index (κ1) is 21.0. The van der Waals surface area contributed by atoms with E-state index in [9.17, 15) is 9.59 Å². The molecule has 2 N–H and O–H groups in total. The molecule has 1 aliphatic rings. The van der Waals surface area contributed by atoms with Crippen LogP contribution in [0.25, 0.3) is 33.0 Å². The Bertz CT molecular complexity index is 1540. The molecule has 0 saturated carbocycles. The van der Waals surface area contributed by atoms with Crippen LogP contribution in [0.2, 0.25) is 0 Å². The number of para-hydroxylation sites is 1. The molecule has 0 amide bonds. The number of ketones is 2. The van der Waals surface area contributed by atoms with Crippen LogP contribution in [0, 0.1) is 13.8 Å². The van der Waals surface area contributed by atoms with E-state index < -0.39 is 0 Å². The number of hydrogen-bond donors (Lipinski definition) is 2. The van der Waals surface area contributed by atoms with Crippen molar-refractivity contribution < 1.29 is 14.3 Å². The fraction of sp³-hybridized carbons (Fsp3) is 0.120. The molecule has 0 atom stereocenters. The Morgan fingerprint density at radius 1 is 0.750 bits per heavy atom. The molecule has 7 heteroatoms. The Balaban J connectivity index is 1.75. The van der Waals surface area contributed by atoms with Crippen molar-refractivity contribution in [2.45, 2.75) is 13.8 Å². The van der Waals surface area contributed by atoms with Crippen molar-refractivity contribution in [2.75, 3.05) is 7.11 Å². The number of H-pyrrole nitrogens is 2. The van der Waals surface area contributed by atoms with Gasteiger partial charge in [-0.2, -0.15) is 0 Å². The molecule has 0 radical (unpaired) electrons. The largest absolute Gasteiger partial charge is 0.497 e. The molecule has 0 bridgehead atoms. The maximum atomic E-state index is 13.7. The Kier molecular flexibility index (Phi) is 4.98. The number of benzene rings is 2. The normalized spacial score (nSPS) is 14.9. The summed E-state index contributed by atoms with van der Waals surface area (Å²) >= 11 is 6.96. The number of ether oxygens (including phenoxy) is 1. The zero-order valence-corrected chi connectivity index (χ0v) is 20.7. The smallest absolute Gasteiger partial charge is 0.202 e. The van der Waals surface area contributed by atoms with E-state index in [1.807, 2.05) is 56.3 Å². The van der Waals surface area contributed by atoms with Crippen molar-refractivity contribution in [3.05, 3.63) is 73.9 Å². The summed E-state index contributed by atoms with van der Waals surface area (Å²) in [5.74, 6) is 0.188. The van der Waals surface area contributed by atoms with Crippen LogP contribution in [0.15, 0.2) is 51.4 Å². The number of fused-ring (bicyclic) bond motifs is 2. The highest BCUT2D eigenvalue weighted by atomic mass is 79.9. The van der Waals surface area contributed by atoms with Crippen LogP contribution in [0.1, 0.15) is 22.5 Å². The van der Waals surface area contributed by atoms with Gasteiger partial charge in [0.15, 0.2) is 0 Å². The number of aromatic nitrogens is 2. The van der Waals surface area contributed by atoms with E-state index in [1.54, 1.807) is 7.11 Å². The van der Waals surface area contributed by atoms with Gasteiger partial charge in [0.25, 0.3) is 0 Å². The average Bonchev–Trinajstić information content (AvgIpc) is 3.28. The first-order chi connectivity index (χ1) is 15.3. The lowest BCUT2D eigenvalue weighted by molar-refractivity contribution is -0.113. The number of methoxy groups -OCH3 is 1. The topological polar surface area (TPSA) is 75.0 Å². The fourth-order valence-corrected chi connectivity index (χ4v) is 5.60. The highest BCUT2D eigenvalue weighted by molar-refractivity contribution is 9.12. The van der Waals surface area contributed by atoms with Gasteiger partial charge in [0.05, 0.1) is 27.2 Å². The van der Waals surface area contributed by atoms with E-state index in [0.717, 1.165) is 38.8 Å². The number of carbonyl (C=O) groups is 2. The zero-order chi connectivity index (χ0) is 22.7. The SMILES string of the molecule is COc1ccc2[nH]c(C)c(C3=C(Br)C(=O)C(c4c(C)[nH]c5ccccc45)=C(Br)C3=O)c2c1. The maximum absolute atomic E-state index is 13.7. The van der Waals surface area contributed by atoms with E-state index in [-0.39, 0.29) is 20.5 Å². The molecule has 0 saturated heterocycles. The summed E-state index contributed by atoms with van der Waals surface area (Å²) in [7, 11) is 1.60. The van der Waals surface area contributed by atoms with Crippen molar-refractivity contribution >= 4 is 76.4 Å². The Labute approximate surface area is 200 Å². The predicted octanol–water partition coefficient (Wildman–Crippen LogP) is 6.34. The predicted molar refractivity (Wildman–Crippen MR) is 134 cm³/mol. The lowest BCUT2D eigenvalue weighted by Crippen LogP contribution is -2.19. The number of allylic oxidation sites excluding steroid dienone is 4. The standard InChI is InChI=1S/C25H18Br2N2O3/c1-11-18(14-6-4-5-7-16(14)28-11)20-22(26)25(31)21(23(27)24(20)30)19-12(2)29-17-9-8-13(32-3)10-15(17)19/h4-10,28-29H,1-3H3. The summed E-state index contributed by atoms with van der Waals surface area (Å²) < 4.78 is 5.88. The van der Waals surface area contributed by atoms with E-state index in [2.05, 4.69) is 41.8 Å². The molecule has 1 aliphatic carbocycles. The van der Waals surface area contributed by atoms with Crippen LogP contribution in [-0.4, -0.2) is 28.6 Å². The van der Waals surface area contributed by atoms with E-state index in [4.69, 9.17) is 4.74 Å². The highest BCUT2D eigenvalue weighted by Gasteiger charge is 2.37. The maximum Gasteiger partial charge on any atom is 0.202 e. The highest BCUT2D eigenvalue weighted by Crippen LogP contribution is 2.45. The zero-order valence-electron chi connectivity index (χ0n) is 17.5. The van der Waals surface area contributed by atoms with Crippen molar-refractivity contribution in [3.63, 3.8) is 0 Å². The van der Waals surface area contributed by atoms with Gasteiger partial charge in [-0.15, -0.1) is 0 Å². The van der Waals surface area contributed by atoms with Gasteiger partial charge in [-0.05, 0) is 70.0 Å². The third kappa shape index (κ3) is 2.95. The summed E-state index contributed by atoms with van der Waals surface area (Å²) in [6.45, 7) is 3.80. The molecule has 0 fully saturated rings. The molecule has 32 heavy (non-hydrogen) atoms. The second-order valence-corrected chi connectivity index (χ2v) is 9.33. The third-order valence-electron chi connectivity index (χ3n) is 5.88. The van der Waals surface area contributed by atoms with Gasteiger partial charge in [-0.1, -0.05) is 18.2 Å². The minimum Gasteiger partial charge on any atom is -0.497 e. The summed E-state index contributed by atoms with van der Waals surface area (Å²) in [6, 6.07) is 13.4. The summed E-state index contributed by atoms with van der Waals surface area (Å²) in [4.78, 5) is 34.0. The number of aryl methyl sites for hydroxylation is 2. The molecule has 4 aromatic rings. The van der Waals surface area contributed by atoms with Gasteiger partial charge in [0.2, 0.25) is 11.6 Å². The molecule has 2 aromatic heterocycles. The van der Waals surface area contributed by atoms with Crippen LogP contribution in [0.5, 0.6) is 5.75 Å². The van der Waals surface area contributed by atoms with Crippen LogP contribution >= 0.6 is 31.9 Å². The van der Waals surface area contributed by atoms with Crippen LogP contribution < -0.4 is 4.74 Å². The summed E-state index contributed by atoms with van der Waals surface area (Å²) in [5, 5.41) is 1.72. The van der Waals surface area contributed by atoms with Crippen LogP contribution in [-0.2, 0) is 9.59 Å². The Hall–Kier alpha value is -2.90. The number of hydrogen-bond acceptors (Lipinski definition) is 3. The van der Waals surface area contributed by atoms with Gasteiger partial charge in [-0.3, -0.25) is 9.59 Å². The van der Waals surface area contributed by atoms with Crippen molar-refractivity contribution in [3.8, 4) is 5.75 Å². The number of halogens is 2. The van der Waals surface area contributed by atoms with Gasteiger partial charge < -0.3 is 14.7 Å². The summed E-state index contributed by atoms with van der Waals surface area (Å²) in [6.07, 6.45) is 0. The fourth-order valence-electron chi connectivity index (χ4n) is 4.45. The molecule has 160 valence electrons. The minimum absolute atomic E-state index is 0.240. The van der Waals surface area contributed by atoms with Gasteiger partial charge >= 0.3 is 0 Å². The Morgan fingerprint density at radius 3 is 1.88 bits per heavy atom. The van der Waals surface area contributed by atoms with Gasteiger partial charge in [0, 0.05) is 44.3 Å². The molecular formula is C25H18Br2N2O3. The molecule has 2 aromatic carbocycles. The van der Waals surface area contributed by atoms with Crippen LogP contribution in [0.3, 0.4) is 0 Å². The second-order valence-electron chi connectivity index (χ2n) is 7.74. The number of carbonyl (C=O) groups excluding carboxylic acids is 2. The monoisotopic (exact) mass is 552 g/mol. The molecule has 2 heterocycles. The first-order valence-corrected chi connectivity index (χ1v) is 11.5. The van der Waals surface area contributed by atoms with Crippen molar-refractivity contribution in [1.29, 1.82) is 0 Å². The molecule has 0 spiro atoms. The Morgan fingerprint density at radius 2 is 1.28 bits per heavy atom. The average molecular weight is 554 g/mol. The van der Waals surface area contributed by atoms with Crippen LogP contribution in [0.4, 0.5) is 0 Å². The first-order valence-electron chi connectivity index (χ1n) is 9.96. The quantitative estimate of drug-likeness (QED) is 0.291. The van der Waals surface area contributed by atoms with Gasteiger partial charge in [-0.25, -0.2) is 0 Å². The molecule has 5 rings (SSSR count). The number of Topliss-reactive ketones (excluding diaryl/α,β-unsaturated/α-hetero) is 2. The minimum atomic E-state index is -0.247. The van der Waals surface area contributed by atoms with E-state index in [0.29, 0.717) is 22.5 Å².